The summed E-state index contributed by atoms with van der Waals surface area (Å²) in [6.07, 6.45) is 1.74. The van der Waals surface area contributed by atoms with Crippen molar-refractivity contribution >= 4 is 17.0 Å². The van der Waals surface area contributed by atoms with Crippen molar-refractivity contribution in [1.82, 2.24) is 19.3 Å². The normalized spacial score (nSPS) is 19.0. The molecule has 4 heterocycles. The minimum atomic E-state index is -0.0454. The molecule has 24 heavy (non-hydrogen) atoms. The molecule has 1 aliphatic rings. The molecule has 3 aromatic rings. The van der Waals surface area contributed by atoms with Crippen LogP contribution in [0, 0.1) is 6.92 Å². The molecule has 0 spiro atoms. The fourth-order valence-corrected chi connectivity index (χ4v) is 3.76. The first kappa shape index (κ1) is 15.4. The number of pyridine rings is 1. The van der Waals surface area contributed by atoms with E-state index < -0.39 is 0 Å². The van der Waals surface area contributed by atoms with Gasteiger partial charge in [-0.3, -0.25) is 14.1 Å². The van der Waals surface area contributed by atoms with Crippen molar-refractivity contribution in [3.8, 4) is 0 Å². The minimum absolute atomic E-state index is 0.000923. The SMILES string of the molecule is Cc1csc([C@H]2CN(Cc3cc(=O)n4ccccc4n3)CCO2)n1. The van der Waals surface area contributed by atoms with Gasteiger partial charge >= 0.3 is 0 Å². The van der Waals surface area contributed by atoms with E-state index >= 15 is 0 Å². The first-order valence-corrected chi connectivity index (χ1v) is 8.80. The maximum Gasteiger partial charge on any atom is 0.258 e. The van der Waals surface area contributed by atoms with E-state index in [2.05, 4.69) is 14.9 Å². The number of morpholine rings is 1. The lowest BCUT2D eigenvalue weighted by molar-refractivity contribution is -0.0333. The third kappa shape index (κ3) is 3.10. The van der Waals surface area contributed by atoms with Gasteiger partial charge in [0.05, 0.1) is 12.3 Å². The lowest BCUT2D eigenvalue weighted by atomic mass is 10.2. The maximum atomic E-state index is 12.2. The van der Waals surface area contributed by atoms with Crippen molar-refractivity contribution in [2.24, 2.45) is 0 Å². The second kappa shape index (κ2) is 6.43. The Bertz CT molecular complexity index is 920. The summed E-state index contributed by atoms with van der Waals surface area (Å²) in [6.45, 7) is 4.90. The average Bonchev–Trinajstić information content (AvgIpc) is 3.02. The Hall–Kier alpha value is -2.09. The molecule has 0 bridgehead atoms. The number of hydrogen-bond acceptors (Lipinski definition) is 6. The first-order valence-electron chi connectivity index (χ1n) is 7.92. The van der Waals surface area contributed by atoms with Gasteiger partial charge in [-0.25, -0.2) is 9.97 Å². The summed E-state index contributed by atoms with van der Waals surface area (Å²) < 4.78 is 7.42. The second-order valence-corrected chi connectivity index (χ2v) is 6.83. The van der Waals surface area contributed by atoms with Crippen LogP contribution in [0.25, 0.3) is 5.65 Å². The highest BCUT2D eigenvalue weighted by Gasteiger charge is 2.24. The number of nitrogens with zero attached hydrogens (tertiary/aromatic N) is 4. The summed E-state index contributed by atoms with van der Waals surface area (Å²) in [7, 11) is 0. The summed E-state index contributed by atoms with van der Waals surface area (Å²) in [5.41, 5.74) is 2.46. The molecule has 0 aromatic carbocycles. The van der Waals surface area contributed by atoms with E-state index in [1.165, 1.54) is 0 Å². The smallest absolute Gasteiger partial charge is 0.258 e. The van der Waals surface area contributed by atoms with Crippen molar-refractivity contribution in [3.05, 3.63) is 62.6 Å². The number of aromatic nitrogens is 3. The number of hydrogen-bond donors (Lipinski definition) is 0. The predicted molar refractivity (Wildman–Crippen MR) is 92.3 cm³/mol. The number of thiazole rings is 1. The van der Waals surface area contributed by atoms with Crippen LogP contribution in [-0.4, -0.2) is 39.0 Å². The Balaban J connectivity index is 1.53. The fourth-order valence-electron chi connectivity index (χ4n) is 2.93. The van der Waals surface area contributed by atoms with Gasteiger partial charge in [0.1, 0.15) is 16.8 Å². The third-order valence-electron chi connectivity index (χ3n) is 4.07. The molecule has 0 aliphatic carbocycles. The predicted octanol–water partition coefficient (Wildman–Crippen LogP) is 2.03. The molecule has 124 valence electrons. The van der Waals surface area contributed by atoms with E-state index in [4.69, 9.17) is 4.74 Å². The van der Waals surface area contributed by atoms with Gasteiger partial charge < -0.3 is 4.74 Å². The van der Waals surface area contributed by atoms with Gasteiger partial charge in [-0.05, 0) is 19.1 Å². The molecule has 6 nitrogen and oxygen atoms in total. The summed E-state index contributed by atoms with van der Waals surface area (Å²) in [5, 5.41) is 3.06. The van der Waals surface area contributed by atoms with Gasteiger partial charge in [0.25, 0.3) is 5.56 Å². The van der Waals surface area contributed by atoms with Crippen LogP contribution in [-0.2, 0) is 11.3 Å². The molecule has 1 fully saturated rings. The van der Waals surface area contributed by atoms with E-state index in [0.717, 1.165) is 29.5 Å². The molecule has 0 saturated carbocycles. The highest BCUT2D eigenvalue weighted by atomic mass is 32.1. The van der Waals surface area contributed by atoms with Gasteiger partial charge in [-0.15, -0.1) is 11.3 Å². The Kier molecular flexibility index (Phi) is 4.13. The highest BCUT2D eigenvalue weighted by Crippen LogP contribution is 2.25. The van der Waals surface area contributed by atoms with Crippen LogP contribution < -0.4 is 5.56 Å². The van der Waals surface area contributed by atoms with Crippen molar-refractivity contribution < 1.29 is 4.74 Å². The van der Waals surface area contributed by atoms with Crippen LogP contribution >= 0.6 is 11.3 Å². The number of fused-ring (bicyclic) bond motifs is 1. The van der Waals surface area contributed by atoms with Crippen molar-refractivity contribution in [2.75, 3.05) is 19.7 Å². The Morgan fingerprint density at radius 2 is 2.29 bits per heavy atom. The topological polar surface area (TPSA) is 59.7 Å². The Morgan fingerprint density at radius 3 is 3.12 bits per heavy atom. The van der Waals surface area contributed by atoms with Crippen molar-refractivity contribution in [1.29, 1.82) is 0 Å². The average molecular weight is 342 g/mol. The van der Waals surface area contributed by atoms with Crippen LogP contribution in [0.5, 0.6) is 0 Å². The molecule has 1 atom stereocenters. The largest absolute Gasteiger partial charge is 0.368 e. The lowest BCUT2D eigenvalue weighted by Crippen LogP contribution is -2.38. The number of aryl methyl sites for hydroxylation is 1. The minimum Gasteiger partial charge on any atom is -0.368 e. The Labute approximate surface area is 143 Å². The second-order valence-electron chi connectivity index (χ2n) is 5.94. The quantitative estimate of drug-likeness (QED) is 0.729. The van der Waals surface area contributed by atoms with Gasteiger partial charge in [-0.2, -0.15) is 0 Å². The summed E-state index contributed by atoms with van der Waals surface area (Å²) in [5.74, 6) is 0. The monoisotopic (exact) mass is 342 g/mol. The van der Waals surface area contributed by atoms with Gasteiger partial charge in [-0.1, -0.05) is 6.07 Å². The van der Waals surface area contributed by atoms with Crippen LogP contribution in [0.4, 0.5) is 0 Å². The molecule has 1 saturated heterocycles. The van der Waals surface area contributed by atoms with Gasteiger partial charge in [0, 0.05) is 43.0 Å². The molecule has 3 aromatic heterocycles. The zero-order valence-electron chi connectivity index (χ0n) is 13.4. The number of ether oxygens (including phenoxy) is 1. The van der Waals surface area contributed by atoms with Crippen LogP contribution in [0.1, 0.15) is 22.5 Å². The van der Waals surface area contributed by atoms with Crippen LogP contribution in [0.15, 0.2) is 40.6 Å². The van der Waals surface area contributed by atoms with Crippen molar-refractivity contribution in [3.63, 3.8) is 0 Å². The van der Waals surface area contributed by atoms with E-state index in [1.807, 2.05) is 30.5 Å². The van der Waals surface area contributed by atoms with E-state index in [1.54, 1.807) is 28.0 Å². The molecule has 0 radical (unpaired) electrons. The lowest BCUT2D eigenvalue weighted by Gasteiger charge is -2.31. The van der Waals surface area contributed by atoms with Gasteiger partial charge in [0.15, 0.2) is 0 Å². The molecular weight excluding hydrogens is 324 g/mol. The summed E-state index contributed by atoms with van der Waals surface area (Å²) in [6, 6.07) is 7.19. The van der Waals surface area contributed by atoms with E-state index in [-0.39, 0.29) is 11.7 Å². The molecule has 7 heteroatoms. The molecule has 0 unspecified atom stereocenters. The van der Waals surface area contributed by atoms with Crippen LogP contribution in [0.2, 0.25) is 0 Å². The third-order valence-corrected chi connectivity index (χ3v) is 5.13. The van der Waals surface area contributed by atoms with E-state index in [9.17, 15) is 4.79 Å². The number of rotatable bonds is 3. The molecule has 0 N–H and O–H groups in total. The molecule has 4 rings (SSSR count). The molecule has 0 amide bonds. The zero-order valence-corrected chi connectivity index (χ0v) is 14.2. The summed E-state index contributed by atoms with van der Waals surface area (Å²) >= 11 is 1.64. The van der Waals surface area contributed by atoms with E-state index in [0.29, 0.717) is 18.8 Å². The fraction of sp³-hybridized carbons (Fsp3) is 0.353. The van der Waals surface area contributed by atoms with Gasteiger partial charge in [0.2, 0.25) is 0 Å². The standard InChI is InChI=1S/C17H18N4O2S/c1-12-11-24-17(18-12)14-10-20(6-7-23-14)9-13-8-16(22)21-5-3-2-4-15(21)19-13/h2-5,8,11,14H,6-7,9-10H2,1H3/t14-/m1/s1. The molecule has 1 aliphatic heterocycles. The first-order chi connectivity index (χ1) is 11.7. The molecular formula is C17H18N4O2S. The van der Waals surface area contributed by atoms with Crippen molar-refractivity contribution in [2.45, 2.75) is 19.6 Å². The maximum absolute atomic E-state index is 12.2. The summed E-state index contributed by atoms with van der Waals surface area (Å²) in [4.78, 5) is 23.6. The Morgan fingerprint density at radius 1 is 1.38 bits per heavy atom. The van der Waals surface area contributed by atoms with Crippen LogP contribution in [0.3, 0.4) is 0 Å². The highest BCUT2D eigenvalue weighted by molar-refractivity contribution is 7.09. The zero-order chi connectivity index (χ0) is 16.5.